The molecule has 3 heterocycles. The van der Waals surface area contributed by atoms with Gasteiger partial charge in [-0.05, 0) is 23.6 Å². The number of likely N-dealkylation sites (tertiary alicyclic amines) is 1. The molecule has 3 rings (SSSR count). The molecule has 0 N–H and O–H groups in total. The fourth-order valence-corrected chi connectivity index (χ4v) is 3.87. The van der Waals surface area contributed by atoms with Crippen molar-refractivity contribution in [2.24, 2.45) is 5.92 Å². The molecule has 0 aromatic carbocycles. The van der Waals surface area contributed by atoms with Gasteiger partial charge in [0.05, 0.1) is 24.8 Å². The molecule has 2 amide bonds. The number of nitrogens with zero attached hydrogens (tertiary/aromatic N) is 2. The highest BCUT2D eigenvalue weighted by molar-refractivity contribution is 7.10. The average Bonchev–Trinajstić information content (AvgIpc) is 3.21. The Bertz CT molecular complexity index is 651. The summed E-state index contributed by atoms with van der Waals surface area (Å²) in [5.41, 5.74) is 0. The maximum atomic E-state index is 12.8. The van der Waals surface area contributed by atoms with E-state index in [1.165, 1.54) is 0 Å². The minimum absolute atomic E-state index is 0.0168. The summed E-state index contributed by atoms with van der Waals surface area (Å²) in [4.78, 5) is 29.2. The SMILES string of the molecule is CN(Cc1ccco1)C(=O)C1CC(=O)N(C)C1c1cccs1. The maximum Gasteiger partial charge on any atom is 0.228 e. The van der Waals surface area contributed by atoms with E-state index in [1.807, 2.05) is 23.6 Å². The van der Waals surface area contributed by atoms with Crippen LogP contribution in [-0.4, -0.2) is 35.7 Å². The first-order chi connectivity index (χ1) is 10.6. The summed E-state index contributed by atoms with van der Waals surface area (Å²) in [5, 5.41) is 1.97. The van der Waals surface area contributed by atoms with E-state index in [-0.39, 0.29) is 30.2 Å². The molecule has 116 valence electrons. The van der Waals surface area contributed by atoms with Crippen molar-refractivity contribution in [2.45, 2.75) is 19.0 Å². The summed E-state index contributed by atoms with van der Waals surface area (Å²) >= 11 is 1.58. The van der Waals surface area contributed by atoms with E-state index in [0.717, 1.165) is 10.6 Å². The van der Waals surface area contributed by atoms with Crippen LogP contribution >= 0.6 is 11.3 Å². The van der Waals surface area contributed by atoms with Crippen LogP contribution < -0.4 is 0 Å². The highest BCUT2D eigenvalue weighted by atomic mass is 32.1. The van der Waals surface area contributed by atoms with Crippen LogP contribution in [0, 0.1) is 5.92 Å². The van der Waals surface area contributed by atoms with Crippen LogP contribution in [0.15, 0.2) is 40.3 Å². The summed E-state index contributed by atoms with van der Waals surface area (Å²) in [6.45, 7) is 0.414. The van der Waals surface area contributed by atoms with Gasteiger partial charge in [0.15, 0.2) is 0 Å². The van der Waals surface area contributed by atoms with Gasteiger partial charge >= 0.3 is 0 Å². The molecule has 6 heteroatoms. The second-order valence-corrected chi connectivity index (χ2v) is 6.53. The van der Waals surface area contributed by atoms with Gasteiger partial charge in [-0.25, -0.2) is 0 Å². The molecular weight excluding hydrogens is 300 g/mol. The minimum atomic E-state index is -0.337. The van der Waals surface area contributed by atoms with Gasteiger partial charge < -0.3 is 14.2 Å². The van der Waals surface area contributed by atoms with Gasteiger partial charge in [0.25, 0.3) is 0 Å². The predicted octanol–water partition coefficient (Wildman–Crippen LogP) is 2.52. The van der Waals surface area contributed by atoms with Gasteiger partial charge in [0, 0.05) is 25.4 Å². The Morgan fingerprint density at radius 1 is 1.45 bits per heavy atom. The van der Waals surface area contributed by atoms with Crippen LogP contribution in [0.25, 0.3) is 0 Å². The molecule has 22 heavy (non-hydrogen) atoms. The molecule has 2 aromatic rings. The lowest BCUT2D eigenvalue weighted by atomic mass is 9.97. The number of hydrogen-bond acceptors (Lipinski definition) is 4. The predicted molar refractivity (Wildman–Crippen MR) is 83.1 cm³/mol. The number of thiophene rings is 1. The molecule has 2 aromatic heterocycles. The van der Waals surface area contributed by atoms with E-state index in [1.54, 1.807) is 47.6 Å². The zero-order chi connectivity index (χ0) is 15.7. The maximum absolute atomic E-state index is 12.8. The molecule has 1 saturated heterocycles. The molecule has 1 aliphatic heterocycles. The van der Waals surface area contributed by atoms with Crippen LogP contribution in [0.3, 0.4) is 0 Å². The molecule has 2 unspecified atom stereocenters. The third kappa shape index (κ3) is 2.66. The number of furan rings is 1. The van der Waals surface area contributed by atoms with Crippen LogP contribution in [0.4, 0.5) is 0 Å². The highest BCUT2D eigenvalue weighted by Gasteiger charge is 2.44. The average molecular weight is 318 g/mol. The number of carbonyl (C=O) groups is 2. The molecular formula is C16H18N2O3S. The van der Waals surface area contributed by atoms with Gasteiger partial charge in [-0.2, -0.15) is 0 Å². The molecule has 0 saturated carbocycles. The van der Waals surface area contributed by atoms with Crippen LogP contribution in [0.2, 0.25) is 0 Å². The third-order valence-electron chi connectivity index (χ3n) is 4.09. The van der Waals surface area contributed by atoms with Gasteiger partial charge in [-0.15, -0.1) is 11.3 Å². The van der Waals surface area contributed by atoms with Gasteiger partial charge in [-0.3, -0.25) is 9.59 Å². The van der Waals surface area contributed by atoms with Crippen molar-refractivity contribution in [2.75, 3.05) is 14.1 Å². The highest BCUT2D eigenvalue weighted by Crippen LogP contribution is 2.39. The second-order valence-electron chi connectivity index (χ2n) is 5.55. The smallest absolute Gasteiger partial charge is 0.228 e. The molecule has 0 spiro atoms. The van der Waals surface area contributed by atoms with Crippen molar-refractivity contribution < 1.29 is 14.0 Å². The Balaban J connectivity index is 1.79. The van der Waals surface area contributed by atoms with Gasteiger partial charge in [0.1, 0.15) is 5.76 Å². The van der Waals surface area contributed by atoms with E-state index in [4.69, 9.17) is 4.42 Å². The minimum Gasteiger partial charge on any atom is -0.467 e. The third-order valence-corrected chi connectivity index (χ3v) is 5.03. The van der Waals surface area contributed by atoms with Crippen LogP contribution in [0.5, 0.6) is 0 Å². The fourth-order valence-electron chi connectivity index (χ4n) is 2.94. The number of hydrogen-bond donors (Lipinski definition) is 0. The summed E-state index contributed by atoms with van der Waals surface area (Å²) < 4.78 is 5.29. The zero-order valence-electron chi connectivity index (χ0n) is 12.6. The Kier molecular flexibility index (Phi) is 4.02. The van der Waals surface area contributed by atoms with E-state index in [2.05, 4.69) is 0 Å². The number of rotatable bonds is 4. The van der Waals surface area contributed by atoms with Crippen molar-refractivity contribution in [1.29, 1.82) is 0 Å². The Hall–Kier alpha value is -2.08. The molecule has 1 aliphatic rings. The first-order valence-corrected chi connectivity index (χ1v) is 8.02. The first-order valence-electron chi connectivity index (χ1n) is 7.14. The van der Waals surface area contributed by atoms with Gasteiger partial charge in [-0.1, -0.05) is 6.07 Å². The standard InChI is InChI=1S/C16H18N2O3S/c1-17(10-11-5-3-7-21-11)16(20)12-9-14(19)18(2)15(12)13-6-4-8-22-13/h3-8,12,15H,9-10H2,1-2H3. The first kappa shape index (κ1) is 14.8. The topological polar surface area (TPSA) is 53.8 Å². The molecule has 1 fully saturated rings. The van der Waals surface area contributed by atoms with E-state index < -0.39 is 0 Å². The molecule has 0 aliphatic carbocycles. The molecule has 0 radical (unpaired) electrons. The Morgan fingerprint density at radius 3 is 2.91 bits per heavy atom. The largest absolute Gasteiger partial charge is 0.467 e. The summed E-state index contributed by atoms with van der Waals surface area (Å²) in [6.07, 6.45) is 1.86. The number of amides is 2. The second kappa shape index (κ2) is 5.96. The van der Waals surface area contributed by atoms with E-state index in [9.17, 15) is 9.59 Å². The molecule has 5 nitrogen and oxygen atoms in total. The molecule has 0 bridgehead atoms. The van der Waals surface area contributed by atoms with Crippen molar-refractivity contribution in [3.05, 3.63) is 46.5 Å². The summed E-state index contributed by atoms with van der Waals surface area (Å²) in [5.74, 6) is 0.396. The Labute approximate surface area is 133 Å². The number of carbonyl (C=O) groups excluding carboxylic acids is 2. The fraction of sp³-hybridized carbons (Fsp3) is 0.375. The lowest BCUT2D eigenvalue weighted by Crippen LogP contribution is -2.35. The van der Waals surface area contributed by atoms with Crippen molar-refractivity contribution in [1.82, 2.24) is 9.80 Å². The quantitative estimate of drug-likeness (QED) is 0.870. The zero-order valence-corrected chi connectivity index (χ0v) is 13.4. The summed E-state index contributed by atoms with van der Waals surface area (Å²) in [7, 11) is 3.52. The van der Waals surface area contributed by atoms with E-state index in [0.29, 0.717) is 6.54 Å². The molecule has 2 atom stereocenters. The van der Waals surface area contributed by atoms with Crippen molar-refractivity contribution in [3.8, 4) is 0 Å². The summed E-state index contributed by atoms with van der Waals surface area (Å²) in [6, 6.07) is 7.41. The van der Waals surface area contributed by atoms with Crippen molar-refractivity contribution in [3.63, 3.8) is 0 Å². The normalized spacial score (nSPS) is 21.4. The van der Waals surface area contributed by atoms with E-state index >= 15 is 0 Å². The van der Waals surface area contributed by atoms with Gasteiger partial charge in [0.2, 0.25) is 11.8 Å². The lowest BCUT2D eigenvalue weighted by molar-refractivity contribution is -0.136. The van der Waals surface area contributed by atoms with Crippen LogP contribution in [-0.2, 0) is 16.1 Å². The van der Waals surface area contributed by atoms with Crippen molar-refractivity contribution >= 4 is 23.2 Å². The Morgan fingerprint density at radius 2 is 2.27 bits per heavy atom. The monoisotopic (exact) mass is 318 g/mol. The lowest BCUT2D eigenvalue weighted by Gasteiger charge is -2.26. The van der Waals surface area contributed by atoms with Crippen LogP contribution in [0.1, 0.15) is 23.1 Å².